The van der Waals surface area contributed by atoms with Crippen molar-refractivity contribution < 1.29 is 9.53 Å². The van der Waals surface area contributed by atoms with E-state index in [0.717, 1.165) is 4.47 Å². The highest BCUT2D eigenvalue weighted by atomic mass is 79.9. The molecular formula is C18H13Br2ClN4O3. The summed E-state index contributed by atoms with van der Waals surface area (Å²) in [6, 6.07) is 8.58. The van der Waals surface area contributed by atoms with Gasteiger partial charge in [0.15, 0.2) is 12.4 Å². The predicted octanol–water partition coefficient (Wildman–Crippen LogP) is 3.63. The van der Waals surface area contributed by atoms with Crippen molar-refractivity contribution in [1.29, 1.82) is 0 Å². The molecule has 1 heterocycles. The van der Waals surface area contributed by atoms with Gasteiger partial charge in [0.25, 0.3) is 11.5 Å². The summed E-state index contributed by atoms with van der Waals surface area (Å²) in [5.41, 5.74) is 6.00. The number of hydrogen-bond acceptors (Lipinski definition) is 5. The van der Waals surface area contributed by atoms with Crippen LogP contribution in [0.15, 0.2) is 49.2 Å². The van der Waals surface area contributed by atoms with E-state index in [2.05, 4.69) is 41.9 Å². The average Bonchev–Trinajstić information content (AvgIpc) is 2.61. The summed E-state index contributed by atoms with van der Waals surface area (Å²) < 4.78 is 7.79. The first-order chi connectivity index (χ1) is 13.3. The lowest BCUT2D eigenvalue weighted by Crippen LogP contribution is -2.20. The summed E-state index contributed by atoms with van der Waals surface area (Å²) in [6.07, 6.45) is 1.48. The Bertz CT molecular complexity index is 1150. The molecule has 7 nitrogen and oxygen atoms in total. The molecule has 0 spiro atoms. The molecule has 0 aliphatic carbocycles. The van der Waals surface area contributed by atoms with E-state index in [9.17, 15) is 9.59 Å². The van der Waals surface area contributed by atoms with Crippen LogP contribution in [0.25, 0.3) is 10.9 Å². The van der Waals surface area contributed by atoms with Gasteiger partial charge in [0.1, 0.15) is 5.82 Å². The van der Waals surface area contributed by atoms with Gasteiger partial charge in [-0.2, -0.15) is 9.78 Å². The van der Waals surface area contributed by atoms with Crippen molar-refractivity contribution in [2.24, 2.45) is 10.8 Å². The van der Waals surface area contributed by atoms with E-state index in [-0.39, 0.29) is 17.2 Å². The second kappa shape index (κ2) is 8.42. The van der Waals surface area contributed by atoms with E-state index in [1.165, 1.54) is 10.9 Å². The highest BCUT2D eigenvalue weighted by molar-refractivity contribution is 9.10. The number of halogens is 3. The maximum absolute atomic E-state index is 12.7. The van der Waals surface area contributed by atoms with Gasteiger partial charge in [0.05, 0.1) is 26.6 Å². The largest absolute Gasteiger partial charge is 0.481 e. The van der Waals surface area contributed by atoms with Crippen molar-refractivity contribution in [3.8, 4) is 5.75 Å². The summed E-state index contributed by atoms with van der Waals surface area (Å²) in [6.45, 7) is 1.41. The third kappa shape index (κ3) is 4.43. The number of carbonyl (C=O) groups is 1. The number of primary amides is 1. The van der Waals surface area contributed by atoms with Gasteiger partial charge < -0.3 is 10.5 Å². The minimum absolute atomic E-state index is 0.265. The SMILES string of the molecule is Cc1nc2ccc(Br)cc2c(=O)n1N=Cc1cc(Cl)c(OCC(N)=O)c(Br)c1. The van der Waals surface area contributed by atoms with Crippen LogP contribution in [0.4, 0.5) is 0 Å². The molecule has 0 aliphatic rings. The molecule has 0 saturated heterocycles. The Morgan fingerprint density at radius 3 is 2.79 bits per heavy atom. The number of benzene rings is 2. The Hall–Kier alpha value is -2.23. The van der Waals surface area contributed by atoms with Crippen LogP contribution in [0, 0.1) is 6.92 Å². The average molecular weight is 529 g/mol. The molecule has 0 saturated carbocycles. The van der Waals surface area contributed by atoms with Crippen LogP contribution in [-0.2, 0) is 4.79 Å². The van der Waals surface area contributed by atoms with Gasteiger partial charge in [-0.05, 0) is 58.7 Å². The quantitative estimate of drug-likeness (QED) is 0.511. The highest BCUT2D eigenvalue weighted by Gasteiger charge is 2.11. The number of amides is 1. The number of nitrogens with two attached hydrogens (primary N) is 1. The van der Waals surface area contributed by atoms with E-state index < -0.39 is 5.91 Å². The molecule has 28 heavy (non-hydrogen) atoms. The number of aromatic nitrogens is 2. The molecule has 3 aromatic rings. The van der Waals surface area contributed by atoms with Crippen molar-refractivity contribution in [3.63, 3.8) is 0 Å². The number of ether oxygens (including phenoxy) is 1. The molecule has 144 valence electrons. The summed E-state index contributed by atoms with van der Waals surface area (Å²) >= 11 is 12.9. The third-order valence-electron chi connectivity index (χ3n) is 3.67. The normalized spacial score (nSPS) is 11.3. The van der Waals surface area contributed by atoms with Gasteiger partial charge in [0, 0.05) is 4.47 Å². The summed E-state index contributed by atoms with van der Waals surface area (Å²) in [5, 5.41) is 4.96. The number of hydrogen-bond donors (Lipinski definition) is 1. The van der Waals surface area contributed by atoms with Crippen LogP contribution >= 0.6 is 43.5 Å². The summed E-state index contributed by atoms with van der Waals surface area (Å²) in [7, 11) is 0. The molecule has 1 aromatic heterocycles. The Kier molecular flexibility index (Phi) is 6.17. The molecule has 10 heteroatoms. The zero-order valence-electron chi connectivity index (χ0n) is 14.4. The Morgan fingerprint density at radius 1 is 1.36 bits per heavy atom. The number of fused-ring (bicyclic) bond motifs is 1. The fourth-order valence-corrected chi connectivity index (χ4v) is 3.81. The Labute approximate surface area is 181 Å². The number of aryl methyl sites for hydroxylation is 1. The molecule has 0 fully saturated rings. The van der Waals surface area contributed by atoms with Gasteiger partial charge >= 0.3 is 0 Å². The molecule has 0 unspecified atom stereocenters. The van der Waals surface area contributed by atoms with E-state index >= 15 is 0 Å². The fourth-order valence-electron chi connectivity index (χ4n) is 2.46. The maximum Gasteiger partial charge on any atom is 0.282 e. The first-order valence-corrected chi connectivity index (χ1v) is 9.86. The van der Waals surface area contributed by atoms with Gasteiger partial charge in [-0.3, -0.25) is 9.59 Å². The van der Waals surface area contributed by atoms with Gasteiger partial charge in [-0.15, -0.1) is 0 Å². The summed E-state index contributed by atoms with van der Waals surface area (Å²) in [4.78, 5) is 28.0. The lowest BCUT2D eigenvalue weighted by Gasteiger charge is -2.09. The molecule has 2 aromatic carbocycles. The standard InChI is InChI=1S/C18H13Br2ClN4O3/c1-9-24-15-3-2-11(19)6-12(15)18(27)25(9)23-7-10-4-13(20)17(14(21)5-10)28-8-16(22)26/h2-7H,8H2,1H3,(H2,22,26). The third-order valence-corrected chi connectivity index (χ3v) is 5.03. The molecule has 0 radical (unpaired) electrons. The second-order valence-corrected chi connectivity index (χ2v) is 7.93. The van der Waals surface area contributed by atoms with Gasteiger partial charge in [0.2, 0.25) is 0 Å². The van der Waals surface area contributed by atoms with E-state index in [4.69, 9.17) is 22.1 Å². The number of carbonyl (C=O) groups excluding carboxylic acids is 1. The van der Waals surface area contributed by atoms with Crippen LogP contribution in [0.1, 0.15) is 11.4 Å². The summed E-state index contributed by atoms with van der Waals surface area (Å²) in [5.74, 6) is 0.129. The lowest BCUT2D eigenvalue weighted by atomic mass is 10.2. The minimum Gasteiger partial charge on any atom is -0.481 e. The van der Waals surface area contributed by atoms with E-state index in [1.807, 2.05) is 6.07 Å². The van der Waals surface area contributed by atoms with Gasteiger partial charge in [-0.25, -0.2) is 4.98 Å². The first-order valence-electron chi connectivity index (χ1n) is 7.89. The van der Waals surface area contributed by atoms with Crippen molar-refractivity contribution in [2.75, 3.05) is 6.61 Å². The van der Waals surface area contributed by atoms with Crippen molar-refractivity contribution in [3.05, 3.63) is 66.0 Å². The van der Waals surface area contributed by atoms with Crippen LogP contribution in [-0.4, -0.2) is 28.4 Å². The lowest BCUT2D eigenvalue weighted by molar-refractivity contribution is -0.119. The molecular weight excluding hydrogens is 515 g/mol. The highest BCUT2D eigenvalue weighted by Crippen LogP contribution is 2.34. The van der Waals surface area contributed by atoms with Crippen molar-refractivity contribution in [1.82, 2.24) is 9.66 Å². The predicted molar refractivity (Wildman–Crippen MR) is 115 cm³/mol. The number of nitrogens with zero attached hydrogens (tertiary/aromatic N) is 3. The Balaban J connectivity index is 1.98. The molecule has 2 N–H and O–H groups in total. The number of rotatable bonds is 5. The monoisotopic (exact) mass is 526 g/mol. The van der Waals surface area contributed by atoms with E-state index in [1.54, 1.807) is 31.2 Å². The van der Waals surface area contributed by atoms with Crippen LogP contribution in [0.2, 0.25) is 5.02 Å². The zero-order valence-corrected chi connectivity index (χ0v) is 18.4. The maximum atomic E-state index is 12.7. The van der Waals surface area contributed by atoms with Crippen LogP contribution < -0.4 is 16.0 Å². The molecule has 0 atom stereocenters. The second-order valence-electron chi connectivity index (χ2n) is 5.75. The smallest absolute Gasteiger partial charge is 0.282 e. The minimum atomic E-state index is -0.612. The zero-order chi connectivity index (χ0) is 20.4. The molecule has 3 rings (SSSR count). The molecule has 1 amide bonds. The fraction of sp³-hybridized carbons (Fsp3) is 0.111. The Morgan fingerprint density at radius 2 is 2.11 bits per heavy atom. The topological polar surface area (TPSA) is 99.6 Å². The van der Waals surface area contributed by atoms with Crippen LogP contribution in [0.5, 0.6) is 5.75 Å². The molecule has 0 bridgehead atoms. The van der Waals surface area contributed by atoms with Crippen LogP contribution in [0.3, 0.4) is 0 Å². The van der Waals surface area contributed by atoms with E-state index in [0.29, 0.717) is 32.5 Å². The van der Waals surface area contributed by atoms with Crippen molar-refractivity contribution in [2.45, 2.75) is 6.92 Å². The van der Waals surface area contributed by atoms with Crippen molar-refractivity contribution >= 4 is 66.5 Å². The first kappa shape index (κ1) is 20.5. The molecule has 0 aliphatic heterocycles. The van der Waals surface area contributed by atoms with Gasteiger partial charge in [-0.1, -0.05) is 27.5 Å².